The summed E-state index contributed by atoms with van der Waals surface area (Å²) in [4.78, 5) is 11.9. The maximum atomic E-state index is 11.9. The molecule has 2 rings (SSSR count). The molecule has 0 spiro atoms. The fraction of sp³-hybridized carbons (Fsp3) is 0.188. The molecule has 0 aromatic heterocycles. The standard InChI is InChI=1S/C16H15Cl2NO2/c1-21-14-6-2-11(3-7-14)10-19-16(20)8-12-4-5-13(17)9-15(12)18/h2-7,9H,8,10H2,1H3,(H,19,20). The highest BCUT2D eigenvalue weighted by molar-refractivity contribution is 6.35. The van der Waals surface area contributed by atoms with E-state index < -0.39 is 0 Å². The number of carbonyl (C=O) groups is 1. The van der Waals surface area contributed by atoms with Gasteiger partial charge in [0.05, 0.1) is 13.5 Å². The average Bonchev–Trinajstić information content (AvgIpc) is 2.48. The van der Waals surface area contributed by atoms with Crippen molar-refractivity contribution in [1.82, 2.24) is 5.32 Å². The lowest BCUT2D eigenvalue weighted by molar-refractivity contribution is -0.120. The first-order valence-corrected chi connectivity index (χ1v) is 7.17. The molecule has 1 N–H and O–H groups in total. The Morgan fingerprint density at radius 1 is 1.14 bits per heavy atom. The number of hydrogen-bond acceptors (Lipinski definition) is 2. The number of hydrogen-bond donors (Lipinski definition) is 1. The molecule has 21 heavy (non-hydrogen) atoms. The fourth-order valence-corrected chi connectivity index (χ4v) is 2.32. The van der Waals surface area contributed by atoms with Crippen LogP contribution in [0.2, 0.25) is 10.0 Å². The Kier molecular flexibility index (Phi) is 5.48. The van der Waals surface area contributed by atoms with E-state index in [1.807, 2.05) is 24.3 Å². The van der Waals surface area contributed by atoms with Crippen molar-refractivity contribution in [2.75, 3.05) is 7.11 Å². The van der Waals surface area contributed by atoms with E-state index in [1.165, 1.54) is 0 Å². The topological polar surface area (TPSA) is 38.3 Å². The van der Waals surface area contributed by atoms with E-state index in [9.17, 15) is 4.79 Å². The summed E-state index contributed by atoms with van der Waals surface area (Å²) in [6, 6.07) is 12.7. The van der Waals surface area contributed by atoms with Gasteiger partial charge in [-0.25, -0.2) is 0 Å². The van der Waals surface area contributed by atoms with Crippen LogP contribution in [0.1, 0.15) is 11.1 Å². The van der Waals surface area contributed by atoms with Crippen LogP contribution in [0.3, 0.4) is 0 Å². The zero-order valence-corrected chi connectivity index (χ0v) is 13.0. The summed E-state index contributed by atoms with van der Waals surface area (Å²) in [5, 5.41) is 3.92. The summed E-state index contributed by atoms with van der Waals surface area (Å²) in [6.07, 6.45) is 0.228. The molecule has 2 aromatic rings. The molecule has 0 aliphatic heterocycles. The number of amides is 1. The molecule has 3 nitrogen and oxygen atoms in total. The van der Waals surface area contributed by atoms with Gasteiger partial charge in [0, 0.05) is 16.6 Å². The second-order valence-electron chi connectivity index (χ2n) is 4.54. The molecule has 1 amide bonds. The lowest BCUT2D eigenvalue weighted by Crippen LogP contribution is -2.24. The van der Waals surface area contributed by atoms with Gasteiger partial charge < -0.3 is 10.1 Å². The molecule has 0 aliphatic carbocycles. The van der Waals surface area contributed by atoms with Gasteiger partial charge in [0.25, 0.3) is 0 Å². The van der Waals surface area contributed by atoms with Gasteiger partial charge in [0.1, 0.15) is 5.75 Å². The molecule has 0 fully saturated rings. The monoisotopic (exact) mass is 323 g/mol. The van der Waals surface area contributed by atoms with Crippen LogP contribution in [-0.2, 0) is 17.8 Å². The molecule has 0 aliphatic rings. The lowest BCUT2D eigenvalue weighted by atomic mass is 10.1. The summed E-state index contributed by atoms with van der Waals surface area (Å²) in [5.41, 5.74) is 1.76. The number of carbonyl (C=O) groups excluding carboxylic acids is 1. The Morgan fingerprint density at radius 3 is 2.48 bits per heavy atom. The number of methoxy groups -OCH3 is 1. The molecule has 0 unspecified atom stereocenters. The third kappa shape index (κ3) is 4.66. The highest BCUT2D eigenvalue weighted by Gasteiger charge is 2.07. The van der Waals surface area contributed by atoms with Gasteiger partial charge in [-0.15, -0.1) is 0 Å². The van der Waals surface area contributed by atoms with Crippen LogP contribution in [0.25, 0.3) is 0 Å². The van der Waals surface area contributed by atoms with E-state index in [1.54, 1.807) is 25.3 Å². The van der Waals surface area contributed by atoms with E-state index >= 15 is 0 Å². The second-order valence-corrected chi connectivity index (χ2v) is 5.38. The second kappa shape index (κ2) is 7.34. The summed E-state index contributed by atoms with van der Waals surface area (Å²) in [7, 11) is 1.62. The SMILES string of the molecule is COc1ccc(CNC(=O)Cc2ccc(Cl)cc2Cl)cc1. The number of nitrogens with one attached hydrogen (secondary N) is 1. The Morgan fingerprint density at radius 2 is 1.86 bits per heavy atom. The molecule has 0 heterocycles. The molecule has 2 aromatic carbocycles. The van der Waals surface area contributed by atoms with Crippen LogP contribution in [-0.4, -0.2) is 13.0 Å². The zero-order chi connectivity index (χ0) is 15.2. The molecule has 0 saturated carbocycles. The number of halogens is 2. The lowest BCUT2D eigenvalue weighted by Gasteiger charge is -2.08. The van der Waals surface area contributed by atoms with E-state index in [4.69, 9.17) is 27.9 Å². The number of ether oxygens (including phenoxy) is 1. The van der Waals surface area contributed by atoms with Crippen LogP contribution >= 0.6 is 23.2 Å². The minimum absolute atomic E-state index is 0.0879. The van der Waals surface area contributed by atoms with Crippen molar-refractivity contribution in [1.29, 1.82) is 0 Å². The number of rotatable bonds is 5. The molecule has 0 atom stereocenters. The maximum absolute atomic E-state index is 11.9. The predicted octanol–water partition coefficient (Wildman–Crippen LogP) is 3.86. The Hall–Kier alpha value is -1.71. The first kappa shape index (κ1) is 15.7. The van der Waals surface area contributed by atoms with Gasteiger partial charge in [-0.2, -0.15) is 0 Å². The van der Waals surface area contributed by atoms with Gasteiger partial charge in [0.2, 0.25) is 5.91 Å². The summed E-state index contributed by atoms with van der Waals surface area (Å²) >= 11 is 11.9. The van der Waals surface area contributed by atoms with Crippen molar-refractivity contribution in [3.63, 3.8) is 0 Å². The van der Waals surface area contributed by atoms with Crippen molar-refractivity contribution in [2.24, 2.45) is 0 Å². The van der Waals surface area contributed by atoms with Crippen molar-refractivity contribution in [3.8, 4) is 5.75 Å². The average molecular weight is 324 g/mol. The van der Waals surface area contributed by atoms with Crippen molar-refractivity contribution < 1.29 is 9.53 Å². The fourth-order valence-electron chi connectivity index (χ4n) is 1.84. The first-order valence-electron chi connectivity index (χ1n) is 6.42. The Labute approximate surface area is 133 Å². The van der Waals surface area contributed by atoms with E-state index in [-0.39, 0.29) is 12.3 Å². The van der Waals surface area contributed by atoms with Crippen molar-refractivity contribution in [2.45, 2.75) is 13.0 Å². The van der Waals surface area contributed by atoms with E-state index in [0.717, 1.165) is 16.9 Å². The van der Waals surface area contributed by atoms with Gasteiger partial charge >= 0.3 is 0 Å². The smallest absolute Gasteiger partial charge is 0.224 e. The third-order valence-electron chi connectivity index (χ3n) is 3.01. The minimum atomic E-state index is -0.0879. The largest absolute Gasteiger partial charge is 0.497 e. The quantitative estimate of drug-likeness (QED) is 0.907. The minimum Gasteiger partial charge on any atom is -0.497 e. The normalized spacial score (nSPS) is 10.2. The van der Waals surface area contributed by atoms with Gasteiger partial charge in [0.15, 0.2) is 0 Å². The summed E-state index contributed by atoms with van der Waals surface area (Å²) in [6.45, 7) is 0.466. The molecule has 0 bridgehead atoms. The maximum Gasteiger partial charge on any atom is 0.224 e. The van der Waals surface area contributed by atoms with Crippen LogP contribution < -0.4 is 10.1 Å². The summed E-state index contributed by atoms with van der Waals surface area (Å²) in [5.74, 6) is 0.702. The summed E-state index contributed by atoms with van der Waals surface area (Å²) < 4.78 is 5.08. The van der Waals surface area contributed by atoms with Crippen molar-refractivity contribution >= 4 is 29.1 Å². The van der Waals surface area contributed by atoms with E-state index in [0.29, 0.717) is 16.6 Å². The molecular formula is C16H15Cl2NO2. The molecular weight excluding hydrogens is 309 g/mol. The van der Waals surface area contributed by atoms with E-state index in [2.05, 4.69) is 5.32 Å². The molecule has 0 saturated heterocycles. The zero-order valence-electron chi connectivity index (χ0n) is 11.5. The van der Waals surface area contributed by atoms with Crippen LogP contribution in [0.15, 0.2) is 42.5 Å². The Bertz CT molecular complexity index is 627. The van der Waals surface area contributed by atoms with Gasteiger partial charge in [-0.1, -0.05) is 41.4 Å². The predicted molar refractivity (Wildman–Crippen MR) is 85.0 cm³/mol. The molecule has 110 valence electrons. The highest BCUT2D eigenvalue weighted by Crippen LogP contribution is 2.21. The molecule has 0 radical (unpaired) electrons. The molecule has 5 heteroatoms. The highest BCUT2D eigenvalue weighted by atomic mass is 35.5. The third-order valence-corrected chi connectivity index (χ3v) is 3.60. The van der Waals surface area contributed by atoms with Crippen LogP contribution in [0, 0.1) is 0 Å². The van der Waals surface area contributed by atoms with Gasteiger partial charge in [-0.05, 0) is 35.4 Å². The van der Waals surface area contributed by atoms with Crippen LogP contribution in [0.4, 0.5) is 0 Å². The van der Waals surface area contributed by atoms with Crippen molar-refractivity contribution in [3.05, 3.63) is 63.6 Å². The number of benzene rings is 2. The first-order chi connectivity index (χ1) is 10.1. The van der Waals surface area contributed by atoms with Crippen LogP contribution in [0.5, 0.6) is 5.75 Å². The van der Waals surface area contributed by atoms with Gasteiger partial charge in [-0.3, -0.25) is 4.79 Å². The Balaban J connectivity index is 1.89.